The first-order valence-corrected chi connectivity index (χ1v) is 18.5. The molecule has 15 nitrogen and oxygen atoms in total. The third-order valence-corrected chi connectivity index (χ3v) is 14.3. The van der Waals surface area contributed by atoms with Gasteiger partial charge in [-0.15, -0.1) is 0 Å². The predicted molar refractivity (Wildman–Crippen MR) is 187 cm³/mol. The van der Waals surface area contributed by atoms with Crippen molar-refractivity contribution in [3.05, 3.63) is 39.2 Å². The molecule has 0 amide bonds. The van der Waals surface area contributed by atoms with Gasteiger partial charge in [-0.05, 0) is 78.0 Å². The van der Waals surface area contributed by atoms with Crippen LogP contribution in [0.3, 0.4) is 0 Å². The van der Waals surface area contributed by atoms with Crippen LogP contribution in [0.15, 0.2) is 21.3 Å². The van der Waals surface area contributed by atoms with E-state index in [-0.39, 0.29) is 35.3 Å². The van der Waals surface area contributed by atoms with Gasteiger partial charge in [0.15, 0.2) is 12.2 Å². The lowest BCUT2D eigenvalue weighted by molar-refractivity contribution is -0.217. The van der Waals surface area contributed by atoms with Crippen LogP contribution in [0.2, 0.25) is 0 Å². The molecule has 4 fully saturated rings. The minimum Gasteiger partial charge on any atom is -0.483 e. The van der Waals surface area contributed by atoms with Gasteiger partial charge in [-0.1, -0.05) is 27.7 Å². The number of rotatable bonds is 9. The lowest BCUT2D eigenvalue weighted by Crippen LogP contribution is -2.57. The summed E-state index contributed by atoms with van der Waals surface area (Å²) in [5.41, 5.74) is -9.21. The minimum absolute atomic E-state index is 0.0119. The number of carbonyl (C=O) groups excluding carboxylic acids is 5. The zero-order chi connectivity index (χ0) is 40.5. The van der Waals surface area contributed by atoms with Crippen molar-refractivity contribution in [2.75, 3.05) is 0 Å². The summed E-state index contributed by atoms with van der Waals surface area (Å²) in [6.07, 6.45) is -2.67. The van der Waals surface area contributed by atoms with E-state index in [1.165, 1.54) is 0 Å². The Hall–Kier alpha value is -4.95. The maximum absolute atomic E-state index is 14.7. The number of benzene rings is 1. The first-order chi connectivity index (χ1) is 25.4. The van der Waals surface area contributed by atoms with Crippen LogP contribution in [0.5, 0.6) is 5.75 Å². The van der Waals surface area contributed by atoms with Gasteiger partial charge in [0.25, 0.3) is 0 Å². The van der Waals surface area contributed by atoms with E-state index >= 15 is 0 Å². The van der Waals surface area contributed by atoms with Crippen LogP contribution in [0, 0.1) is 28.6 Å². The van der Waals surface area contributed by atoms with E-state index in [1.54, 1.807) is 74.4 Å². The van der Waals surface area contributed by atoms with E-state index in [9.17, 15) is 33.6 Å². The van der Waals surface area contributed by atoms with Crippen molar-refractivity contribution in [1.29, 1.82) is 0 Å². The Morgan fingerprint density at radius 1 is 0.764 bits per heavy atom. The fourth-order valence-corrected chi connectivity index (χ4v) is 9.42. The molecule has 2 saturated carbocycles. The van der Waals surface area contributed by atoms with E-state index in [4.69, 9.17) is 37.9 Å². The molecule has 1 aromatic heterocycles. The number of esters is 5. The fourth-order valence-electron chi connectivity index (χ4n) is 9.42. The van der Waals surface area contributed by atoms with Crippen molar-refractivity contribution in [3.63, 3.8) is 0 Å². The molecule has 1 aromatic carbocycles. The van der Waals surface area contributed by atoms with Crippen LogP contribution in [-0.4, -0.2) is 63.8 Å². The van der Waals surface area contributed by atoms with Gasteiger partial charge in [0.05, 0.1) is 34.8 Å². The van der Waals surface area contributed by atoms with Gasteiger partial charge in [0.2, 0.25) is 11.2 Å². The second kappa shape index (κ2) is 11.8. The topological polar surface area (TPSA) is 208 Å². The summed E-state index contributed by atoms with van der Waals surface area (Å²) in [4.78, 5) is 92.2. The largest absolute Gasteiger partial charge is 0.483 e. The molecule has 15 heteroatoms. The van der Waals surface area contributed by atoms with Gasteiger partial charge in [-0.25, -0.2) is 14.4 Å². The highest BCUT2D eigenvalue weighted by atomic mass is 16.7. The molecule has 0 radical (unpaired) electrons. The van der Waals surface area contributed by atoms with Crippen LogP contribution in [0.25, 0.3) is 11.0 Å². The first kappa shape index (κ1) is 38.3. The molecule has 5 aliphatic rings. The summed E-state index contributed by atoms with van der Waals surface area (Å²) >= 11 is 0. The number of hydrogen-bond acceptors (Lipinski definition) is 14. The first-order valence-electron chi connectivity index (χ1n) is 18.5. The van der Waals surface area contributed by atoms with Crippen LogP contribution in [-0.2, 0) is 59.1 Å². The molecular formula is C40H46O15. The highest BCUT2D eigenvalue weighted by Crippen LogP contribution is 2.67. The van der Waals surface area contributed by atoms with Crippen LogP contribution >= 0.6 is 0 Å². The molecule has 2 unspecified atom stereocenters. The monoisotopic (exact) mass is 766 g/mol. The number of hydrogen-bond donors (Lipinski definition) is 1. The van der Waals surface area contributed by atoms with Crippen LogP contribution in [0.4, 0.5) is 0 Å². The molecular weight excluding hydrogens is 720 g/mol. The average Bonchev–Trinajstić information content (AvgIpc) is 3.56. The van der Waals surface area contributed by atoms with Gasteiger partial charge < -0.3 is 37.9 Å². The van der Waals surface area contributed by atoms with E-state index in [0.717, 1.165) is 0 Å². The summed E-state index contributed by atoms with van der Waals surface area (Å²) in [5, 5.41) is 9.26. The smallest absolute Gasteiger partial charge is 0.351 e. The lowest BCUT2D eigenvalue weighted by atomic mass is 9.66. The third-order valence-electron chi connectivity index (χ3n) is 14.3. The van der Waals surface area contributed by atoms with Crippen molar-refractivity contribution in [3.8, 4) is 5.75 Å². The van der Waals surface area contributed by atoms with Crippen LogP contribution < -0.4 is 10.4 Å². The predicted octanol–water partition coefficient (Wildman–Crippen LogP) is 4.92. The number of fused-ring (bicyclic) bond motifs is 7. The Morgan fingerprint density at radius 3 is 1.80 bits per heavy atom. The molecule has 2 aromatic rings. The SMILES string of the molecule is Cc1c(COC(=O)CCC(=O)O)c(=O)oc2c3c(ccc12)OC(C)(C)[C@H](OC(=O)[C@@]12CCC(C)(C(=O)O1)C2(C)C)[C@@H]3OC(=O)[C@@]12CCC(C)(C(=O)O1)C2(C)C. The molecule has 4 heterocycles. The van der Waals surface area contributed by atoms with Crippen LogP contribution in [0.1, 0.15) is 117 Å². The molecule has 2 aliphatic carbocycles. The van der Waals surface area contributed by atoms with Gasteiger partial charge in [-0.2, -0.15) is 0 Å². The molecule has 1 N–H and O–H groups in total. The maximum Gasteiger partial charge on any atom is 0.351 e. The number of aryl methyl sites for hydroxylation is 1. The highest BCUT2D eigenvalue weighted by molar-refractivity contribution is 5.95. The van der Waals surface area contributed by atoms with Gasteiger partial charge in [-0.3, -0.25) is 19.2 Å². The summed E-state index contributed by atoms with van der Waals surface area (Å²) in [6, 6.07) is 3.20. The van der Waals surface area contributed by atoms with Crippen molar-refractivity contribution < 1.29 is 66.7 Å². The Bertz CT molecular complexity index is 2160. The minimum atomic E-state index is -1.69. The molecule has 6 atom stereocenters. The van der Waals surface area contributed by atoms with Gasteiger partial charge in [0.1, 0.15) is 23.5 Å². The summed E-state index contributed by atoms with van der Waals surface area (Å²) in [5.74, 6) is -4.66. The van der Waals surface area contributed by atoms with E-state index in [2.05, 4.69) is 0 Å². The van der Waals surface area contributed by atoms with E-state index in [1.807, 2.05) is 0 Å². The number of carboxylic acid groups (broad SMARTS) is 1. The maximum atomic E-state index is 14.7. The number of aliphatic carboxylic acids is 1. The van der Waals surface area contributed by atoms with Crippen molar-refractivity contribution in [2.24, 2.45) is 21.7 Å². The van der Waals surface area contributed by atoms with E-state index < -0.39 is 112 Å². The number of ether oxygens (including phenoxy) is 6. The van der Waals surface area contributed by atoms with E-state index in [0.29, 0.717) is 23.8 Å². The Kier molecular flexibility index (Phi) is 8.21. The van der Waals surface area contributed by atoms with Crippen molar-refractivity contribution in [2.45, 2.75) is 136 Å². The third kappa shape index (κ3) is 4.89. The lowest BCUT2D eigenvalue weighted by Gasteiger charge is -2.45. The Labute approximate surface area is 316 Å². The molecule has 0 spiro atoms. The normalized spacial score (nSPS) is 33.0. The van der Waals surface area contributed by atoms with Gasteiger partial charge >= 0.3 is 41.4 Å². The quantitative estimate of drug-likeness (QED) is 0.204. The van der Waals surface area contributed by atoms with Crippen molar-refractivity contribution in [1.82, 2.24) is 0 Å². The standard InChI is InChI=1S/C40H46O15/c1-19-20-10-11-22-25(26(20)50-29(44)21(19)18-49-24(43)13-12-23(41)42)27(51-32(47)39-16-14-37(8,30(45)54-39)35(39,4)5)28(34(2,3)53-22)52-33(48)40-17-15-38(9,31(46)55-40)36(40,6)7/h10-11,27-28H,12-18H2,1-9H3,(H,41,42)/t27-,28-,37?,38?,39-,40-/m1/s1. The second-order valence-corrected chi connectivity index (χ2v) is 17.6. The summed E-state index contributed by atoms with van der Waals surface area (Å²) in [7, 11) is 0. The molecule has 7 rings (SSSR count). The highest BCUT2D eigenvalue weighted by Gasteiger charge is 2.78. The number of carboxylic acids is 1. The van der Waals surface area contributed by atoms with Gasteiger partial charge in [0, 0.05) is 16.2 Å². The fraction of sp³-hybridized carbons (Fsp3) is 0.625. The second-order valence-electron chi connectivity index (χ2n) is 17.6. The molecule has 55 heavy (non-hydrogen) atoms. The summed E-state index contributed by atoms with van der Waals surface area (Å²) in [6.45, 7) is 15.0. The average molecular weight is 767 g/mol. The summed E-state index contributed by atoms with van der Waals surface area (Å²) < 4.78 is 42.0. The molecule has 296 valence electrons. The Balaban J connectivity index is 1.34. The zero-order valence-electron chi connectivity index (χ0n) is 32.4. The zero-order valence-corrected chi connectivity index (χ0v) is 32.4. The molecule has 2 saturated heterocycles. The van der Waals surface area contributed by atoms with Crippen molar-refractivity contribution >= 4 is 46.8 Å². The number of carbonyl (C=O) groups is 6. The Morgan fingerprint density at radius 2 is 1.31 bits per heavy atom. The molecule has 4 bridgehead atoms. The molecule has 3 aliphatic heterocycles.